The first-order chi connectivity index (χ1) is 5.81. The van der Waals surface area contributed by atoms with Crippen LogP contribution in [0, 0.1) is 0 Å². The van der Waals surface area contributed by atoms with Gasteiger partial charge in [-0.3, -0.25) is 0 Å². The maximum absolute atomic E-state index is 5.45. The molecule has 74 valence electrons. The molecule has 0 aromatic heterocycles. The number of ether oxygens (including phenoxy) is 1. The summed E-state index contributed by atoms with van der Waals surface area (Å²) in [7, 11) is 0. The van der Waals surface area contributed by atoms with Gasteiger partial charge in [-0.1, -0.05) is 6.92 Å². The minimum Gasteiger partial charge on any atom is -0.380 e. The predicted molar refractivity (Wildman–Crippen MR) is 53.9 cm³/mol. The molecule has 0 saturated heterocycles. The zero-order valence-corrected chi connectivity index (χ0v) is 8.86. The Morgan fingerprint density at radius 2 is 2.17 bits per heavy atom. The van der Waals surface area contributed by atoms with Gasteiger partial charge in [0, 0.05) is 18.5 Å². The molecule has 0 aromatic rings. The Hall–Kier alpha value is 0.210. The molecule has 2 nitrogen and oxygen atoms in total. The molecule has 0 spiro atoms. The molecule has 0 fully saturated rings. The highest BCUT2D eigenvalue weighted by Crippen LogP contribution is 1.88. The molecule has 1 atom stereocenters. The molecule has 0 heterocycles. The molecule has 0 aromatic carbocycles. The highest BCUT2D eigenvalue weighted by molar-refractivity contribution is 6.17. The van der Waals surface area contributed by atoms with Crippen molar-refractivity contribution in [2.45, 2.75) is 32.7 Å². The average Bonchev–Trinajstić information content (AvgIpc) is 2.10. The fraction of sp³-hybridized carbons (Fsp3) is 1.00. The summed E-state index contributed by atoms with van der Waals surface area (Å²) in [6.07, 6.45) is 2.25. The second-order valence-electron chi connectivity index (χ2n) is 2.92. The van der Waals surface area contributed by atoms with Crippen LogP contribution in [0.15, 0.2) is 0 Å². The van der Waals surface area contributed by atoms with Gasteiger partial charge in [0.25, 0.3) is 0 Å². The van der Waals surface area contributed by atoms with Gasteiger partial charge in [0.2, 0.25) is 0 Å². The molecule has 3 heteroatoms. The van der Waals surface area contributed by atoms with Crippen LogP contribution < -0.4 is 5.32 Å². The Balaban J connectivity index is 2.90. The Kier molecular flexibility index (Phi) is 9.46. The van der Waals surface area contributed by atoms with Crippen LogP contribution in [0.5, 0.6) is 0 Å². The van der Waals surface area contributed by atoms with E-state index in [1.54, 1.807) is 0 Å². The minimum atomic E-state index is 0.596. The molecule has 0 radical (unpaired) electrons. The van der Waals surface area contributed by atoms with Gasteiger partial charge in [0.15, 0.2) is 0 Å². The lowest BCUT2D eigenvalue weighted by molar-refractivity contribution is 0.146. The molecular formula is C9H20ClNO. The lowest BCUT2D eigenvalue weighted by Crippen LogP contribution is -2.26. The van der Waals surface area contributed by atoms with E-state index >= 15 is 0 Å². The molecule has 0 saturated carbocycles. The second-order valence-corrected chi connectivity index (χ2v) is 3.30. The summed E-state index contributed by atoms with van der Waals surface area (Å²) in [6.45, 7) is 6.90. The first-order valence-electron chi connectivity index (χ1n) is 4.68. The van der Waals surface area contributed by atoms with Crippen LogP contribution in [0.3, 0.4) is 0 Å². The van der Waals surface area contributed by atoms with Gasteiger partial charge in [-0.15, -0.1) is 11.6 Å². The number of rotatable bonds is 8. The highest BCUT2D eigenvalue weighted by atomic mass is 35.5. The first-order valence-corrected chi connectivity index (χ1v) is 5.21. The lowest BCUT2D eigenvalue weighted by atomic mass is 10.2. The van der Waals surface area contributed by atoms with Gasteiger partial charge in [-0.25, -0.2) is 0 Å². The third-order valence-corrected chi connectivity index (χ3v) is 1.95. The molecule has 0 aliphatic carbocycles. The van der Waals surface area contributed by atoms with Crippen LogP contribution in [0.2, 0.25) is 0 Å². The van der Waals surface area contributed by atoms with Crippen LogP contribution in [0.1, 0.15) is 26.7 Å². The van der Waals surface area contributed by atoms with Crippen molar-refractivity contribution < 1.29 is 4.74 Å². The summed E-state index contributed by atoms with van der Waals surface area (Å²) in [5, 5.41) is 3.40. The van der Waals surface area contributed by atoms with Crippen molar-refractivity contribution in [3.8, 4) is 0 Å². The monoisotopic (exact) mass is 193 g/mol. The maximum Gasteiger partial charge on any atom is 0.0601 e. The number of hydrogen-bond acceptors (Lipinski definition) is 2. The zero-order valence-electron chi connectivity index (χ0n) is 8.11. The third kappa shape index (κ3) is 8.31. The number of halogens is 1. The summed E-state index contributed by atoms with van der Waals surface area (Å²) in [5.41, 5.74) is 0. The maximum atomic E-state index is 5.45. The molecule has 1 N–H and O–H groups in total. The van der Waals surface area contributed by atoms with E-state index in [9.17, 15) is 0 Å². The summed E-state index contributed by atoms with van der Waals surface area (Å²) in [5.74, 6) is 0.596. The Morgan fingerprint density at radius 3 is 2.75 bits per heavy atom. The van der Waals surface area contributed by atoms with Crippen molar-refractivity contribution >= 4 is 11.6 Å². The minimum absolute atomic E-state index is 0.596. The van der Waals surface area contributed by atoms with Crippen molar-refractivity contribution in [2.24, 2.45) is 0 Å². The Bertz CT molecular complexity index is 90.6. The van der Waals surface area contributed by atoms with E-state index in [-0.39, 0.29) is 0 Å². The standard InChI is InChI=1S/C9H20ClNO/c1-3-9(2)11-6-4-7-12-8-5-10/h9,11H,3-8H2,1-2H3. The van der Waals surface area contributed by atoms with E-state index in [1.807, 2.05) is 0 Å². The molecule has 0 aliphatic heterocycles. The Labute approximate surface area is 80.6 Å². The van der Waals surface area contributed by atoms with E-state index in [1.165, 1.54) is 6.42 Å². The van der Waals surface area contributed by atoms with Gasteiger partial charge in [0.1, 0.15) is 0 Å². The van der Waals surface area contributed by atoms with Crippen molar-refractivity contribution in [1.82, 2.24) is 5.32 Å². The first kappa shape index (κ1) is 12.2. The van der Waals surface area contributed by atoms with E-state index in [0.29, 0.717) is 18.5 Å². The number of nitrogens with one attached hydrogen (secondary N) is 1. The molecule has 0 amide bonds. The summed E-state index contributed by atoms with van der Waals surface area (Å²) < 4.78 is 5.23. The average molecular weight is 194 g/mol. The van der Waals surface area contributed by atoms with Crippen LogP contribution in [0.4, 0.5) is 0 Å². The molecule has 0 bridgehead atoms. The lowest BCUT2D eigenvalue weighted by Gasteiger charge is -2.10. The smallest absolute Gasteiger partial charge is 0.0601 e. The fourth-order valence-corrected chi connectivity index (χ4v) is 0.933. The van der Waals surface area contributed by atoms with Gasteiger partial charge in [-0.05, 0) is 26.3 Å². The normalized spacial score (nSPS) is 13.2. The Morgan fingerprint density at radius 1 is 1.42 bits per heavy atom. The highest BCUT2D eigenvalue weighted by Gasteiger charge is 1.95. The van der Waals surface area contributed by atoms with Gasteiger partial charge < -0.3 is 10.1 Å². The number of alkyl halides is 1. The van der Waals surface area contributed by atoms with Crippen molar-refractivity contribution in [3.63, 3.8) is 0 Å². The van der Waals surface area contributed by atoms with Gasteiger partial charge >= 0.3 is 0 Å². The largest absolute Gasteiger partial charge is 0.380 e. The predicted octanol–water partition coefficient (Wildman–Crippen LogP) is 2.02. The number of hydrogen-bond donors (Lipinski definition) is 1. The van der Waals surface area contributed by atoms with E-state index in [4.69, 9.17) is 16.3 Å². The molecular weight excluding hydrogens is 174 g/mol. The summed E-state index contributed by atoms with van der Waals surface area (Å²) in [6, 6.07) is 0.623. The van der Waals surface area contributed by atoms with E-state index in [0.717, 1.165) is 19.6 Å². The zero-order chi connectivity index (χ0) is 9.23. The third-order valence-electron chi connectivity index (χ3n) is 1.79. The summed E-state index contributed by atoms with van der Waals surface area (Å²) in [4.78, 5) is 0. The fourth-order valence-electron chi connectivity index (χ4n) is 0.824. The topological polar surface area (TPSA) is 21.3 Å². The molecule has 0 aliphatic rings. The quantitative estimate of drug-likeness (QED) is 0.471. The van der Waals surface area contributed by atoms with Crippen molar-refractivity contribution in [3.05, 3.63) is 0 Å². The molecule has 1 unspecified atom stereocenters. The van der Waals surface area contributed by atoms with Crippen LogP contribution in [0.25, 0.3) is 0 Å². The van der Waals surface area contributed by atoms with Gasteiger partial charge in [-0.2, -0.15) is 0 Å². The second kappa shape index (κ2) is 9.30. The van der Waals surface area contributed by atoms with Crippen LogP contribution in [-0.2, 0) is 4.74 Å². The van der Waals surface area contributed by atoms with E-state index < -0.39 is 0 Å². The van der Waals surface area contributed by atoms with Crippen molar-refractivity contribution in [2.75, 3.05) is 25.6 Å². The van der Waals surface area contributed by atoms with Gasteiger partial charge in [0.05, 0.1) is 6.61 Å². The van der Waals surface area contributed by atoms with E-state index in [2.05, 4.69) is 19.2 Å². The SMILES string of the molecule is CCC(C)NCCCOCCCl. The summed E-state index contributed by atoms with van der Waals surface area (Å²) >= 11 is 5.45. The van der Waals surface area contributed by atoms with Crippen molar-refractivity contribution in [1.29, 1.82) is 0 Å². The molecule has 12 heavy (non-hydrogen) atoms. The van der Waals surface area contributed by atoms with Crippen LogP contribution >= 0.6 is 11.6 Å². The molecule has 0 rings (SSSR count). The van der Waals surface area contributed by atoms with Crippen LogP contribution in [-0.4, -0.2) is 31.7 Å².